The molecule has 0 aliphatic carbocycles. The minimum atomic E-state index is -0.232. The van der Waals surface area contributed by atoms with E-state index in [2.05, 4.69) is 24.9 Å². The van der Waals surface area contributed by atoms with Crippen LogP contribution in [-0.4, -0.2) is 30.8 Å². The van der Waals surface area contributed by atoms with Crippen LogP contribution in [0.5, 0.6) is 0 Å². The highest BCUT2D eigenvalue weighted by Gasteiger charge is 1.97. The molecule has 33 heavy (non-hydrogen) atoms. The fourth-order valence-corrected chi connectivity index (χ4v) is 3.46. The first-order valence-corrected chi connectivity index (χ1v) is 14.0. The number of thiol groups is 1. The Morgan fingerprint density at radius 1 is 0.758 bits per heavy atom. The van der Waals surface area contributed by atoms with Crippen LogP contribution in [0.2, 0.25) is 0 Å². The third-order valence-electron chi connectivity index (χ3n) is 5.26. The highest BCUT2D eigenvalue weighted by atomic mass is 32.1. The van der Waals surface area contributed by atoms with E-state index in [1.54, 1.807) is 6.08 Å². The lowest BCUT2D eigenvalue weighted by Crippen LogP contribution is -2.21. The van der Waals surface area contributed by atoms with Gasteiger partial charge in [0.15, 0.2) is 0 Å². The maximum absolute atomic E-state index is 11.3. The molecule has 0 radical (unpaired) electrons. The average molecular weight is 484 g/mol. The predicted molar refractivity (Wildman–Crippen MR) is 147 cm³/mol. The Kier molecular flexibility index (Phi) is 31.6. The molecule has 194 valence electrons. The van der Waals surface area contributed by atoms with Crippen LogP contribution in [0.1, 0.15) is 124 Å². The van der Waals surface area contributed by atoms with E-state index in [0.717, 1.165) is 6.42 Å². The summed E-state index contributed by atoms with van der Waals surface area (Å²) in [6.45, 7) is 6.91. The van der Waals surface area contributed by atoms with Gasteiger partial charge in [0.25, 0.3) is 0 Å². The number of ether oxygens (including phenoxy) is 1. The second-order valence-electron chi connectivity index (χ2n) is 8.56. The van der Waals surface area contributed by atoms with E-state index in [4.69, 9.17) is 4.74 Å². The number of carbonyl (C=O) groups is 2. The number of carbonyl (C=O) groups excluding carboxylic acids is 2. The van der Waals surface area contributed by atoms with Gasteiger partial charge in [0, 0.05) is 25.3 Å². The van der Waals surface area contributed by atoms with E-state index in [1.807, 2.05) is 19.1 Å². The molecule has 0 aromatic carbocycles. The third kappa shape index (κ3) is 35.5. The molecule has 0 aliphatic rings. The zero-order chi connectivity index (χ0) is 24.8. The van der Waals surface area contributed by atoms with E-state index >= 15 is 0 Å². The van der Waals surface area contributed by atoms with Crippen LogP contribution in [0.4, 0.5) is 0 Å². The van der Waals surface area contributed by atoms with Crippen LogP contribution in [0.3, 0.4) is 0 Å². The molecule has 1 N–H and O–H groups in total. The molecule has 0 rings (SSSR count). The van der Waals surface area contributed by atoms with Crippen LogP contribution < -0.4 is 5.32 Å². The number of nitrogens with one attached hydrogen (secondary N) is 1. The zero-order valence-electron chi connectivity index (χ0n) is 21.9. The summed E-state index contributed by atoms with van der Waals surface area (Å²) < 4.78 is 5.15. The second kappa shape index (κ2) is 30.8. The van der Waals surface area contributed by atoms with Gasteiger partial charge in [-0.25, -0.2) is 4.79 Å². The normalized spacial score (nSPS) is 10.9. The minimum Gasteiger partial charge on any atom is -0.463 e. The number of esters is 1. The minimum absolute atomic E-state index is 0.00838. The molecule has 0 spiro atoms. The summed E-state index contributed by atoms with van der Waals surface area (Å²) in [7, 11) is 0. The maximum atomic E-state index is 11.3. The second-order valence-corrected chi connectivity index (χ2v) is 9.01. The number of hydrogen-bond donors (Lipinski definition) is 2. The first-order chi connectivity index (χ1) is 16.1. The Hall–Kier alpha value is -1.23. The van der Waals surface area contributed by atoms with Crippen molar-refractivity contribution in [1.82, 2.24) is 5.32 Å². The maximum Gasteiger partial charge on any atom is 0.330 e. The van der Waals surface area contributed by atoms with Gasteiger partial charge in [0.1, 0.15) is 0 Å². The van der Waals surface area contributed by atoms with Crippen LogP contribution in [0, 0.1) is 0 Å². The molecule has 4 nitrogen and oxygen atoms in total. The van der Waals surface area contributed by atoms with Gasteiger partial charge in [-0.15, -0.1) is 0 Å². The number of hydrogen-bond acceptors (Lipinski definition) is 4. The molecule has 0 saturated heterocycles. The molecule has 0 bridgehead atoms. The van der Waals surface area contributed by atoms with E-state index < -0.39 is 0 Å². The largest absolute Gasteiger partial charge is 0.463 e. The van der Waals surface area contributed by atoms with Crippen molar-refractivity contribution >= 4 is 24.5 Å². The van der Waals surface area contributed by atoms with Gasteiger partial charge in [-0.05, 0) is 13.3 Å². The topological polar surface area (TPSA) is 55.4 Å². The smallest absolute Gasteiger partial charge is 0.330 e. The fourth-order valence-electron chi connectivity index (χ4n) is 3.35. The molecular weight excluding hydrogens is 430 g/mol. The summed E-state index contributed by atoms with van der Waals surface area (Å²) in [6, 6.07) is 0. The van der Waals surface area contributed by atoms with E-state index in [9.17, 15) is 9.59 Å². The lowest BCUT2D eigenvalue weighted by atomic mass is 10.0. The predicted octanol–water partition coefficient (Wildman–Crippen LogP) is 7.98. The molecule has 0 atom stereocenters. The standard InChI is InChI=1S/C24H44O2.C4H9NOS/c1-3-5-7-8-9-10-11-12-13-14-15-16-17-18-19-21-23-26-24(25)22-20-6-4-2;1-4(6)5-2-3-7/h4,6,20,22H,3,5,7-19,21,23H2,1-2H3;7H,2-3H2,1H3,(H,5,6)/b6-4+,22-20+;. The zero-order valence-corrected chi connectivity index (χ0v) is 22.8. The van der Waals surface area contributed by atoms with E-state index in [1.165, 1.54) is 109 Å². The number of amides is 1. The summed E-state index contributed by atoms with van der Waals surface area (Å²) in [5.74, 6) is 0.484. The van der Waals surface area contributed by atoms with Crippen LogP contribution in [0.15, 0.2) is 24.3 Å². The average Bonchev–Trinajstić information content (AvgIpc) is 2.80. The monoisotopic (exact) mass is 483 g/mol. The van der Waals surface area contributed by atoms with Crippen molar-refractivity contribution in [3.05, 3.63) is 24.3 Å². The van der Waals surface area contributed by atoms with Gasteiger partial charge in [-0.3, -0.25) is 4.79 Å². The molecular formula is C28H53NO3S. The molecule has 0 heterocycles. The van der Waals surface area contributed by atoms with Crippen molar-refractivity contribution < 1.29 is 14.3 Å². The summed E-state index contributed by atoms with van der Waals surface area (Å²) in [5, 5.41) is 2.58. The van der Waals surface area contributed by atoms with Crippen molar-refractivity contribution in [2.75, 3.05) is 18.9 Å². The van der Waals surface area contributed by atoms with Gasteiger partial charge in [-0.1, -0.05) is 121 Å². The summed E-state index contributed by atoms with van der Waals surface area (Å²) in [5.41, 5.74) is 0. The van der Waals surface area contributed by atoms with Gasteiger partial charge in [-0.2, -0.15) is 12.6 Å². The summed E-state index contributed by atoms with van der Waals surface area (Å²) in [4.78, 5) is 21.4. The molecule has 1 amide bonds. The number of unbranched alkanes of at least 4 members (excludes halogenated alkanes) is 15. The Balaban J connectivity index is 0. The SMILES string of the molecule is C/C=C/C=C/C(=O)OCCCCCCCCCCCCCCCCCC.CC(=O)NCCS. The van der Waals surface area contributed by atoms with Crippen molar-refractivity contribution in [3.63, 3.8) is 0 Å². The van der Waals surface area contributed by atoms with Crippen molar-refractivity contribution in [1.29, 1.82) is 0 Å². The summed E-state index contributed by atoms with van der Waals surface area (Å²) >= 11 is 3.88. The number of allylic oxidation sites excluding steroid dienone is 3. The molecule has 0 saturated carbocycles. The van der Waals surface area contributed by atoms with Gasteiger partial charge >= 0.3 is 5.97 Å². The Morgan fingerprint density at radius 3 is 1.58 bits per heavy atom. The van der Waals surface area contributed by atoms with Gasteiger partial charge in [0.05, 0.1) is 6.61 Å². The lowest BCUT2D eigenvalue weighted by Gasteiger charge is -2.04. The Morgan fingerprint density at radius 2 is 1.21 bits per heavy atom. The lowest BCUT2D eigenvalue weighted by molar-refractivity contribution is -0.137. The van der Waals surface area contributed by atoms with Crippen molar-refractivity contribution in [2.24, 2.45) is 0 Å². The Bertz CT molecular complexity index is 478. The highest BCUT2D eigenvalue weighted by Crippen LogP contribution is 2.13. The van der Waals surface area contributed by atoms with Crippen LogP contribution >= 0.6 is 12.6 Å². The number of rotatable bonds is 21. The van der Waals surface area contributed by atoms with Crippen molar-refractivity contribution in [3.8, 4) is 0 Å². The molecule has 5 heteroatoms. The molecule has 0 aromatic rings. The van der Waals surface area contributed by atoms with Crippen LogP contribution in [-0.2, 0) is 14.3 Å². The Labute approximate surface area is 210 Å². The molecule has 0 aliphatic heterocycles. The fraction of sp³-hybridized carbons (Fsp3) is 0.786. The molecule has 0 unspecified atom stereocenters. The van der Waals surface area contributed by atoms with E-state index in [0.29, 0.717) is 18.9 Å². The highest BCUT2D eigenvalue weighted by molar-refractivity contribution is 7.80. The molecule has 0 fully saturated rings. The molecule has 0 aromatic heterocycles. The third-order valence-corrected chi connectivity index (χ3v) is 5.49. The van der Waals surface area contributed by atoms with Crippen molar-refractivity contribution in [2.45, 2.75) is 124 Å². The summed E-state index contributed by atoms with van der Waals surface area (Å²) in [6.07, 6.45) is 28.7. The first kappa shape index (κ1) is 33.9. The van der Waals surface area contributed by atoms with Gasteiger partial charge < -0.3 is 10.1 Å². The van der Waals surface area contributed by atoms with Crippen LogP contribution in [0.25, 0.3) is 0 Å². The quantitative estimate of drug-likeness (QED) is 0.0572. The van der Waals surface area contributed by atoms with Gasteiger partial charge in [0.2, 0.25) is 5.91 Å². The first-order valence-electron chi connectivity index (χ1n) is 13.4. The van der Waals surface area contributed by atoms with E-state index in [-0.39, 0.29) is 11.9 Å².